The normalized spacial score (nSPS) is 11.9. The van der Waals surface area contributed by atoms with Crippen LogP contribution in [-0.2, 0) is 4.79 Å². The van der Waals surface area contributed by atoms with Crippen LogP contribution in [0.3, 0.4) is 0 Å². The van der Waals surface area contributed by atoms with Gasteiger partial charge in [0.1, 0.15) is 0 Å². The van der Waals surface area contributed by atoms with Crippen molar-refractivity contribution in [1.29, 1.82) is 0 Å². The van der Waals surface area contributed by atoms with Gasteiger partial charge >= 0.3 is 6.03 Å². The molecule has 0 aromatic heterocycles. The van der Waals surface area contributed by atoms with Crippen LogP contribution in [0.4, 0.5) is 4.79 Å². The molecule has 88 valence electrons. The summed E-state index contributed by atoms with van der Waals surface area (Å²) < 4.78 is 0. The molecule has 1 atom stereocenters. The Morgan fingerprint density at radius 1 is 1.27 bits per heavy atom. The van der Waals surface area contributed by atoms with E-state index >= 15 is 0 Å². The lowest BCUT2D eigenvalue weighted by Crippen LogP contribution is -2.48. The van der Waals surface area contributed by atoms with Crippen LogP contribution < -0.4 is 16.0 Å². The summed E-state index contributed by atoms with van der Waals surface area (Å²) in [4.78, 5) is 22.4. The fourth-order valence-corrected chi connectivity index (χ4v) is 1.01. The van der Waals surface area contributed by atoms with Gasteiger partial charge in [-0.15, -0.1) is 0 Å². The van der Waals surface area contributed by atoms with Crippen molar-refractivity contribution in [3.8, 4) is 0 Å². The van der Waals surface area contributed by atoms with E-state index in [1.54, 1.807) is 13.8 Å². The van der Waals surface area contributed by atoms with Crippen LogP contribution in [0.25, 0.3) is 0 Å². The lowest BCUT2D eigenvalue weighted by molar-refractivity contribution is -0.121. The molecule has 0 saturated heterocycles. The first-order chi connectivity index (χ1) is 7.11. The van der Waals surface area contributed by atoms with E-state index in [0.717, 1.165) is 19.4 Å². The number of carbonyl (C=O) groups is 2. The molecule has 3 amide bonds. The van der Waals surface area contributed by atoms with Crippen molar-refractivity contribution in [2.24, 2.45) is 0 Å². The molecule has 0 aromatic rings. The standard InChI is InChI=1S/C10H21N3O2/c1-4-6-7-12-8(3)9(14)13-10(15)11-5-2/h8,12H,4-7H2,1-3H3,(H2,11,13,14,15). The molecule has 1 unspecified atom stereocenters. The first-order valence-corrected chi connectivity index (χ1v) is 5.43. The minimum Gasteiger partial charge on any atom is -0.338 e. The van der Waals surface area contributed by atoms with Crippen molar-refractivity contribution in [2.45, 2.75) is 39.7 Å². The van der Waals surface area contributed by atoms with E-state index in [0.29, 0.717) is 6.54 Å². The molecule has 0 rings (SSSR count). The molecule has 0 aliphatic heterocycles. The Morgan fingerprint density at radius 3 is 2.47 bits per heavy atom. The van der Waals surface area contributed by atoms with Gasteiger partial charge in [-0.1, -0.05) is 13.3 Å². The molecule has 0 aliphatic rings. The Morgan fingerprint density at radius 2 is 1.93 bits per heavy atom. The molecule has 0 fully saturated rings. The van der Waals surface area contributed by atoms with Crippen molar-refractivity contribution >= 4 is 11.9 Å². The maximum atomic E-state index is 11.4. The predicted molar refractivity (Wildman–Crippen MR) is 59.6 cm³/mol. The highest BCUT2D eigenvalue weighted by Crippen LogP contribution is 1.86. The number of rotatable bonds is 6. The Hall–Kier alpha value is -1.10. The molecule has 0 aromatic carbocycles. The third kappa shape index (κ3) is 6.90. The van der Waals surface area contributed by atoms with E-state index in [9.17, 15) is 9.59 Å². The van der Waals surface area contributed by atoms with Crippen LogP contribution in [-0.4, -0.2) is 31.1 Å². The van der Waals surface area contributed by atoms with Crippen molar-refractivity contribution in [3.63, 3.8) is 0 Å². The van der Waals surface area contributed by atoms with Crippen molar-refractivity contribution in [3.05, 3.63) is 0 Å². The summed E-state index contributed by atoms with van der Waals surface area (Å²) in [6.07, 6.45) is 2.11. The fraction of sp³-hybridized carbons (Fsp3) is 0.800. The minimum atomic E-state index is -0.438. The zero-order valence-electron chi connectivity index (χ0n) is 9.72. The van der Waals surface area contributed by atoms with Crippen LogP contribution in [0.1, 0.15) is 33.6 Å². The van der Waals surface area contributed by atoms with E-state index in [2.05, 4.69) is 22.9 Å². The first-order valence-electron chi connectivity index (χ1n) is 5.43. The molecule has 0 bridgehead atoms. The lowest BCUT2D eigenvalue weighted by Gasteiger charge is -2.12. The second-order valence-corrected chi connectivity index (χ2v) is 3.38. The van der Waals surface area contributed by atoms with Gasteiger partial charge in [0, 0.05) is 6.54 Å². The summed E-state index contributed by atoms with van der Waals surface area (Å²) in [7, 11) is 0. The number of imide groups is 1. The van der Waals surface area contributed by atoms with Gasteiger partial charge in [-0.25, -0.2) is 4.79 Å². The lowest BCUT2D eigenvalue weighted by atomic mass is 10.3. The Balaban J connectivity index is 3.73. The zero-order valence-corrected chi connectivity index (χ0v) is 9.72. The van der Waals surface area contributed by atoms with Gasteiger partial charge < -0.3 is 10.6 Å². The molecule has 0 aliphatic carbocycles. The number of amides is 3. The molecule has 3 N–H and O–H groups in total. The molecular weight excluding hydrogens is 194 g/mol. The van der Waals surface area contributed by atoms with Crippen molar-refractivity contribution < 1.29 is 9.59 Å². The third-order valence-electron chi connectivity index (χ3n) is 1.95. The van der Waals surface area contributed by atoms with Gasteiger partial charge in [-0.3, -0.25) is 10.1 Å². The molecule has 5 heteroatoms. The smallest absolute Gasteiger partial charge is 0.321 e. The Labute approximate surface area is 91.0 Å². The number of hydrogen-bond acceptors (Lipinski definition) is 3. The average molecular weight is 215 g/mol. The molecule has 0 saturated carbocycles. The van der Waals surface area contributed by atoms with Gasteiger partial charge in [0.05, 0.1) is 6.04 Å². The predicted octanol–water partition coefficient (Wildman–Crippen LogP) is 0.610. The van der Waals surface area contributed by atoms with Crippen LogP contribution in [0, 0.1) is 0 Å². The van der Waals surface area contributed by atoms with Crippen molar-refractivity contribution in [1.82, 2.24) is 16.0 Å². The maximum Gasteiger partial charge on any atom is 0.321 e. The average Bonchev–Trinajstić information content (AvgIpc) is 2.18. The molecule has 15 heavy (non-hydrogen) atoms. The Bertz CT molecular complexity index is 207. The van der Waals surface area contributed by atoms with Gasteiger partial charge in [-0.05, 0) is 26.8 Å². The van der Waals surface area contributed by atoms with Crippen LogP contribution in [0.15, 0.2) is 0 Å². The van der Waals surface area contributed by atoms with Crippen LogP contribution in [0.2, 0.25) is 0 Å². The highest BCUT2D eigenvalue weighted by molar-refractivity contribution is 5.96. The summed E-state index contributed by atoms with van der Waals surface area (Å²) >= 11 is 0. The second kappa shape index (κ2) is 8.23. The monoisotopic (exact) mass is 215 g/mol. The van der Waals surface area contributed by atoms with Gasteiger partial charge in [0.2, 0.25) is 5.91 Å². The molecule has 5 nitrogen and oxygen atoms in total. The Kier molecular flexibility index (Phi) is 7.62. The molecule has 0 heterocycles. The second-order valence-electron chi connectivity index (χ2n) is 3.38. The number of unbranched alkanes of at least 4 members (excludes halogenated alkanes) is 1. The quantitative estimate of drug-likeness (QED) is 0.569. The number of hydrogen-bond donors (Lipinski definition) is 3. The van der Waals surface area contributed by atoms with E-state index in [1.807, 2.05) is 0 Å². The van der Waals surface area contributed by atoms with E-state index < -0.39 is 6.03 Å². The number of nitrogens with one attached hydrogen (secondary N) is 3. The molecule has 0 spiro atoms. The summed E-state index contributed by atoms with van der Waals surface area (Å²) in [5.74, 6) is -0.294. The summed E-state index contributed by atoms with van der Waals surface area (Å²) in [6.45, 7) is 6.93. The van der Waals surface area contributed by atoms with E-state index in [-0.39, 0.29) is 11.9 Å². The SMILES string of the molecule is CCCCNC(C)C(=O)NC(=O)NCC. The zero-order chi connectivity index (χ0) is 11.7. The third-order valence-corrected chi connectivity index (χ3v) is 1.95. The highest BCUT2D eigenvalue weighted by atomic mass is 16.2. The molecule has 0 radical (unpaired) electrons. The fourth-order valence-electron chi connectivity index (χ4n) is 1.01. The minimum absolute atomic E-state index is 0.294. The van der Waals surface area contributed by atoms with Crippen molar-refractivity contribution in [2.75, 3.05) is 13.1 Å². The summed E-state index contributed by atoms with van der Waals surface area (Å²) in [5, 5.41) is 7.79. The van der Waals surface area contributed by atoms with Gasteiger partial charge in [-0.2, -0.15) is 0 Å². The van der Waals surface area contributed by atoms with E-state index in [4.69, 9.17) is 0 Å². The highest BCUT2D eigenvalue weighted by Gasteiger charge is 2.13. The largest absolute Gasteiger partial charge is 0.338 e. The number of urea groups is 1. The van der Waals surface area contributed by atoms with Crippen LogP contribution in [0.5, 0.6) is 0 Å². The van der Waals surface area contributed by atoms with Gasteiger partial charge in [0.25, 0.3) is 0 Å². The van der Waals surface area contributed by atoms with Crippen LogP contribution >= 0.6 is 0 Å². The molecular formula is C10H21N3O2. The van der Waals surface area contributed by atoms with E-state index in [1.165, 1.54) is 0 Å². The van der Waals surface area contributed by atoms with Gasteiger partial charge in [0.15, 0.2) is 0 Å². The topological polar surface area (TPSA) is 70.2 Å². The number of carbonyl (C=O) groups excluding carboxylic acids is 2. The summed E-state index contributed by atoms with van der Waals surface area (Å²) in [6, 6.07) is -0.772. The first kappa shape index (κ1) is 13.9. The maximum absolute atomic E-state index is 11.4. The summed E-state index contributed by atoms with van der Waals surface area (Å²) in [5.41, 5.74) is 0.